The first-order valence-electron chi connectivity index (χ1n) is 1.81. The minimum atomic E-state index is -1.34. The summed E-state index contributed by atoms with van der Waals surface area (Å²) in [5.74, 6) is 0. The van der Waals surface area contributed by atoms with Gasteiger partial charge in [-0.3, -0.25) is 0 Å². The molecule has 0 aliphatic carbocycles. The van der Waals surface area contributed by atoms with E-state index in [0.717, 1.165) is 0 Å². The van der Waals surface area contributed by atoms with E-state index in [4.69, 9.17) is 10.0 Å². The molecule has 0 heterocycles. The molecule has 0 aromatic rings. The topological polar surface area (TPSA) is 40.5 Å². The number of rotatable bonds is 2. The van der Waals surface area contributed by atoms with Crippen molar-refractivity contribution in [1.29, 1.82) is 0 Å². The lowest BCUT2D eigenvalue weighted by Crippen LogP contribution is -2.22. The van der Waals surface area contributed by atoms with Crippen LogP contribution in [0, 0.1) is 0 Å². The molecule has 0 saturated heterocycles. The van der Waals surface area contributed by atoms with E-state index in [0.29, 0.717) is 0 Å². The van der Waals surface area contributed by atoms with Crippen LogP contribution in [0.3, 0.4) is 0 Å². The van der Waals surface area contributed by atoms with E-state index in [1.54, 1.807) is 0 Å². The zero-order valence-electron chi connectivity index (χ0n) is 3.71. The molecule has 0 aromatic carbocycles. The summed E-state index contributed by atoms with van der Waals surface area (Å²) in [6.07, 6.45) is 1.41. The van der Waals surface area contributed by atoms with Gasteiger partial charge in [-0.25, -0.2) is 0 Å². The second kappa shape index (κ2) is 3.24. The van der Waals surface area contributed by atoms with Gasteiger partial charge >= 0.3 is 7.12 Å². The van der Waals surface area contributed by atoms with E-state index in [1.807, 2.05) is 0 Å². The summed E-state index contributed by atoms with van der Waals surface area (Å²) in [7, 11) is -1.34. The quantitative estimate of drug-likeness (QED) is 0.342. The van der Waals surface area contributed by atoms with Crippen molar-refractivity contribution in [3.63, 3.8) is 0 Å². The second-order valence-corrected chi connectivity index (χ2v) is 2.15. The lowest BCUT2D eigenvalue weighted by atomic mass is 9.87. The van der Waals surface area contributed by atoms with Crippen molar-refractivity contribution >= 4 is 23.0 Å². The molecule has 2 N–H and O–H groups in total. The van der Waals surface area contributed by atoms with Crippen LogP contribution in [0.25, 0.3) is 0 Å². The first-order valence-corrected chi connectivity index (χ1v) is 2.73. The molecule has 0 amide bonds. The number of alkyl halides is 1. The fraction of sp³-hybridized carbons (Fsp3) is 0.333. The Hall–Kier alpha value is 0.205. The van der Waals surface area contributed by atoms with Crippen molar-refractivity contribution in [3.05, 3.63) is 12.7 Å². The molecule has 7 heavy (non-hydrogen) atoms. The normalized spacial score (nSPS) is 13.0. The maximum absolute atomic E-state index is 8.26. The smallest absolute Gasteiger partial charge is 0.426 e. The van der Waals surface area contributed by atoms with Gasteiger partial charge < -0.3 is 10.0 Å². The second-order valence-electron chi connectivity index (χ2n) is 1.09. The highest BCUT2D eigenvalue weighted by Gasteiger charge is 2.14. The third-order valence-corrected chi connectivity index (χ3v) is 1.36. The summed E-state index contributed by atoms with van der Waals surface area (Å²) in [5, 5.41) is 16.5. The molecule has 2 nitrogen and oxygen atoms in total. The Kier molecular flexibility index (Phi) is 3.33. The summed E-state index contributed by atoms with van der Waals surface area (Å²) in [6, 6.07) is 0. The van der Waals surface area contributed by atoms with Gasteiger partial charge in [-0.1, -0.05) is 22.0 Å². The van der Waals surface area contributed by atoms with Crippen LogP contribution in [0.5, 0.6) is 0 Å². The van der Waals surface area contributed by atoms with Crippen LogP contribution in [0.15, 0.2) is 12.7 Å². The Morgan fingerprint density at radius 1 is 1.71 bits per heavy atom. The maximum atomic E-state index is 8.26. The minimum Gasteiger partial charge on any atom is -0.426 e. The zero-order valence-corrected chi connectivity index (χ0v) is 5.30. The van der Waals surface area contributed by atoms with Gasteiger partial charge in [0.15, 0.2) is 0 Å². The predicted octanol–water partition coefficient (Wildman–Crippen LogP) is -0.0521. The van der Waals surface area contributed by atoms with Gasteiger partial charge in [-0.15, -0.1) is 6.58 Å². The molecular weight excluding hydrogens is 159 g/mol. The fourth-order valence-corrected chi connectivity index (χ4v) is 0.122. The Bertz CT molecular complexity index is 66.0. The van der Waals surface area contributed by atoms with E-state index in [-0.39, 0.29) is 0 Å². The molecule has 4 heteroatoms. The summed E-state index contributed by atoms with van der Waals surface area (Å²) in [6.45, 7) is 3.31. The van der Waals surface area contributed by atoms with Crippen LogP contribution in [-0.4, -0.2) is 21.9 Å². The van der Waals surface area contributed by atoms with Crippen molar-refractivity contribution in [3.8, 4) is 0 Å². The van der Waals surface area contributed by atoms with Crippen LogP contribution in [-0.2, 0) is 0 Å². The molecule has 0 fully saturated rings. The van der Waals surface area contributed by atoms with E-state index in [2.05, 4.69) is 22.5 Å². The molecular formula is C3H6BBrO2. The highest BCUT2D eigenvalue weighted by molar-refractivity contribution is 9.10. The monoisotopic (exact) mass is 164 g/mol. The number of halogens is 1. The molecule has 0 aromatic heterocycles. The van der Waals surface area contributed by atoms with E-state index < -0.39 is 11.8 Å². The minimum absolute atomic E-state index is 0.410. The van der Waals surface area contributed by atoms with Crippen LogP contribution < -0.4 is 0 Å². The van der Waals surface area contributed by atoms with Gasteiger partial charge in [0.1, 0.15) is 0 Å². The lowest BCUT2D eigenvalue weighted by molar-refractivity contribution is 0.409. The number of allylic oxidation sites excluding steroid dienone is 1. The molecule has 0 saturated carbocycles. The molecule has 0 spiro atoms. The van der Waals surface area contributed by atoms with Gasteiger partial charge in [0, 0.05) is 0 Å². The molecule has 0 aliphatic heterocycles. The molecule has 0 radical (unpaired) electrons. The number of hydrogen-bond donors (Lipinski definition) is 2. The van der Waals surface area contributed by atoms with E-state index in [1.165, 1.54) is 6.08 Å². The Labute approximate surface area is 51.1 Å². The molecule has 1 unspecified atom stereocenters. The highest BCUT2D eigenvalue weighted by Crippen LogP contribution is 1.99. The Morgan fingerprint density at radius 2 is 2.14 bits per heavy atom. The third kappa shape index (κ3) is 2.85. The number of hydrogen-bond acceptors (Lipinski definition) is 2. The Morgan fingerprint density at radius 3 is 2.14 bits per heavy atom. The molecule has 0 aliphatic rings. The highest BCUT2D eigenvalue weighted by atomic mass is 79.9. The average Bonchev–Trinajstić information content (AvgIpc) is 1.65. The van der Waals surface area contributed by atoms with Crippen molar-refractivity contribution in [2.75, 3.05) is 0 Å². The van der Waals surface area contributed by atoms with Crippen LogP contribution in [0.1, 0.15) is 0 Å². The predicted molar refractivity (Wildman–Crippen MR) is 33.1 cm³/mol. The van der Waals surface area contributed by atoms with Crippen LogP contribution in [0.2, 0.25) is 0 Å². The Balaban J connectivity index is 3.33. The summed E-state index contributed by atoms with van der Waals surface area (Å²) in [5.41, 5.74) is 0. The van der Waals surface area contributed by atoms with Gasteiger partial charge in [-0.05, 0) is 0 Å². The summed E-state index contributed by atoms with van der Waals surface area (Å²) >= 11 is 2.92. The van der Waals surface area contributed by atoms with Crippen molar-refractivity contribution in [2.24, 2.45) is 0 Å². The van der Waals surface area contributed by atoms with Gasteiger partial charge in [0.05, 0.1) is 4.73 Å². The van der Waals surface area contributed by atoms with Crippen LogP contribution >= 0.6 is 15.9 Å². The van der Waals surface area contributed by atoms with Crippen molar-refractivity contribution in [1.82, 2.24) is 0 Å². The van der Waals surface area contributed by atoms with Crippen LogP contribution in [0.4, 0.5) is 0 Å². The zero-order chi connectivity index (χ0) is 5.86. The molecule has 40 valence electrons. The summed E-state index contributed by atoms with van der Waals surface area (Å²) < 4.78 is -0.410. The first-order chi connectivity index (χ1) is 3.18. The molecule has 0 bridgehead atoms. The standard InChI is InChI=1S/C3H6BBrO2/c1-2-3(5)4(6)7/h2-3,6-7H,1H2. The van der Waals surface area contributed by atoms with Gasteiger partial charge in [-0.2, -0.15) is 0 Å². The molecule has 1 atom stereocenters. The summed E-state index contributed by atoms with van der Waals surface area (Å²) in [4.78, 5) is 0. The third-order valence-electron chi connectivity index (χ3n) is 0.510. The SMILES string of the molecule is C=CC(Br)B(O)O. The lowest BCUT2D eigenvalue weighted by Gasteiger charge is -1.96. The van der Waals surface area contributed by atoms with Gasteiger partial charge in [0.25, 0.3) is 0 Å². The fourth-order valence-electron chi connectivity index (χ4n) is 0.122. The van der Waals surface area contributed by atoms with Gasteiger partial charge in [0.2, 0.25) is 0 Å². The first kappa shape index (κ1) is 7.20. The van der Waals surface area contributed by atoms with E-state index >= 15 is 0 Å². The van der Waals surface area contributed by atoms with Crippen molar-refractivity contribution in [2.45, 2.75) is 4.73 Å². The average molecular weight is 165 g/mol. The maximum Gasteiger partial charge on any atom is 0.470 e. The van der Waals surface area contributed by atoms with E-state index in [9.17, 15) is 0 Å². The molecule has 0 rings (SSSR count). The largest absolute Gasteiger partial charge is 0.470 e. The van der Waals surface area contributed by atoms with Crippen molar-refractivity contribution < 1.29 is 10.0 Å².